The van der Waals surface area contributed by atoms with E-state index in [0.717, 1.165) is 0 Å². The van der Waals surface area contributed by atoms with Crippen molar-refractivity contribution in [1.29, 1.82) is 0 Å². The molecule has 96 valence electrons. The fourth-order valence-corrected chi connectivity index (χ4v) is 2.15. The summed E-state index contributed by atoms with van der Waals surface area (Å²) in [7, 11) is 1.30. The highest BCUT2D eigenvalue weighted by Crippen LogP contribution is 2.26. The maximum Gasteiger partial charge on any atom is 0.306 e. The van der Waals surface area contributed by atoms with Crippen LogP contribution in [0, 0.1) is 10.1 Å². The van der Waals surface area contributed by atoms with Crippen molar-refractivity contribution >= 4 is 29.7 Å². The number of nitrogens with zero attached hydrogens (tertiary/aromatic N) is 1. The van der Waals surface area contributed by atoms with Gasteiger partial charge in [-0.2, -0.15) is 0 Å². The molecule has 0 aliphatic carbocycles. The molecule has 1 aromatic rings. The van der Waals surface area contributed by atoms with Gasteiger partial charge in [-0.3, -0.25) is 19.7 Å². The predicted molar refractivity (Wildman–Crippen MR) is 65.8 cm³/mol. The molecule has 0 amide bonds. The van der Waals surface area contributed by atoms with Crippen LogP contribution >= 0.6 is 11.8 Å². The number of aldehydes is 1. The zero-order valence-electron chi connectivity index (χ0n) is 9.62. The van der Waals surface area contributed by atoms with Gasteiger partial charge in [-0.25, -0.2) is 0 Å². The van der Waals surface area contributed by atoms with Gasteiger partial charge in [0.25, 0.3) is 5.69 Å². The first-order valence-electron chi connectivity index (χ1n) is 5.01. The molecule has 0 bridgehead atoms. The second kappa shape index (κ2) is 6.75. The molecule has 0 N–H and O–H groups in total. The third kappa shape index (κ3) is 3.85. The van der Waals surface area contributed by atoms with Gasteiger partial charge in [-0.1, -0.05) is 0 Å². The van der Waals surface area contributed by atoms with E-state index in [4.69, 9.17) is 0 Å². The number of methoxy groups -OCH3 is 1. The maximum absolute atomic E-state index is 10.9. The van der Waals surface area contributed by atoms with Gasteiger partial charge in [0.15, 0.2) is 6.29 Å². The second-order valence-electron chi connectivity index (χ2n) is 3.27. The molecule has 0 saturated carbocycles. The summed E-state index contributed by atoms with van der Waals surface area (Å²) >= 11 is 1.28. The Hall–Kier alpha value is -1.89. The van der Waals surface area contributed by atoms with Crippen LogP contribution in [0.1, 0.15) is 16.8 Å². The predicted octanol–water partition coefficient (Wildman–Crippen LogP) is 2.06. The maximum atomic E-state index is 10.9. The molecule has 0 atom stereocenters. The van der Waals surface area contributed by atoms with E-state index in [1.165, 1.54) is 37.1 Å². The quantitative estimate of drug-likeness (QED) is 0.258. The molecule has 0 spiro atoms. The van der Waals surface area contributed by atoms with Crippen LogP contribution in [-0.4, -0.2) is 30.0 Å². The van der Waals surface area contributed by atoms with Crippen LogP contribution in [0.5, 0.6) is 0 Å². The van der Waals surface area contributed by atoms with Crippen molar-refractivity contribution in [2.75, 3.05) is 12.9 Å². The molecule has 0 radical (unpaired) electrons. The van der Waals surface area contributed by atoms with E-state index in [2.05, 4.69) is 4.74 Å². The Labute approximate surface area is 107 Å². The summed E-state index contributed by atoms with van der Waals surface area (Å²) in [6.07, 6.45) is 0.782. The van der Waals surface area contributed by atoms with Crippen molar-refractivity contribution < 1.29 is 19.2 Å². The number of rotatable bonds is 6. The average Bonchev–Trinajstić information content (AvgIpc) is 2.38. The Morgan fingerprint density at radius 1 is 1.56 bits per heavy atom. The number of nitro benzene ring substituents is 1. The van der Waals surface area contributed by atoms with Crippen LogP contribution in [0.4, 0.5) is 5.69 Å². The monoisotopic (exact) mass is 269 g/mol. The number of carbonyl (C=O) groups excluding carboxylic acids is 2. The molecule has 6 nitrogen and oxygen atoms in total. The number of hydrogen-bond acceptors (Lipinski definition) is 6. The summed E-state index contributed by atoms with van der Waals surface area (Å²) in [6.45, 7) is 0. The first-order chi connectivity index (χ1) is 8.58. The minimum absolute atomic E-state index is 0.130. The second-order valence-corrected chi connectivity index (χ2v) is 4.41. The molecular formula is C11H11NO5S. The van der Waals surface area contributed by atoms with E-state index in [0.29, 0.717) is 16.9 Å². The SMILES string of the molecule is COC(=O)CCSc1ccc([N+](=O)[O-])cc1C=O. The fraction of sp³-hybridized carbons (Fsp3) is 0.273. The van der Waals surface area contributed by atoms with Crippen LogP contribution in [0.3, 0.4) is 0 Å². The molecule has 1 rings (SSSR count). The summed E-state index contributed by atoms with van der Waals surface area (Å²) in [4.78, 5) is 32.3. The van der Waals surface area contributed by atoms with E-state index >= 15 is 0 Å². The lowest BCUT2D eigenvalue weighted by atomic mass is 10.2. The van der Waals surface area contributed by atoms with Gasteiger partial charge in [0.05, 0.1) is 18.5 Å². The minimum Gasteiger partial charge on any atom is -0.469 e. The van der Waals surface area contributed by atoms with Crippen LogP contribution in [0.15, 0.2) is 23.1 Å². The standard InChI is InChI=1S/C11H11NO5S/c1-17-11(14)4-5-18-10-3-2-9(12(15)16)6-8(10)7-13/h2-3,6-7H,4-5H2,1H3. The Balaban J connectivity index is 2.74. The van der Waals surface area contributed by atoms with Gasteiger partial charge >= 0.3 is 5.97 Å². The van der Waals surface area contributed by atoms with Crippen molar-refractivity contribution in [2.24, 2.45) is 0 Å². The third-order valence-electron chi connectivity index (χ3n) is 2.12. The Morgan fingerprint density at radius 2 is 2.28 bits per heavy atom. The molecule has 0 fully saturated rings. The molecular weight excluding hydrogens is 258 g/mol. The molecule has 0 saturated heterocycles. The van der Waals surface area contributed by atoms with Crippen LogP contribution < -0.4 is 0 Å². The number of non-ortho nitro benzene ring substituents is 1. The average molecular weight is 269 g/mol. The molecule has 18 heavy (non-hydrogen) atoms. The summed E-state index contributed by atoms with van der Waals surface area (Å²) in [6, 6.07) is 4.05. The zero-order valence-corrected chi connectivity index (χ0v) is 10.4. The summed E-state index contributed by atoms with van der Waals surface area (Å²) in [5, 5.41) is 10.5. The fourth-order valence-electron chi connectivity index (χ4n) is 1.22. The molecule has 0 unspecified atom stereocenters. The van der Waals surface area contributed by atoms with E-state index in [-0.39, 0.29) is 23.6 Å². The molecule has 0 aliphatic rings. The van der Waals surface area contributed by atoms with Gasteiger partial charge in [-0.15, -0.1) is 11.8 Å². The summed E-state index contributed by atoms with van der Waals surface area (Å²) < 4.78 is 4.48. The lowest BCUT2D eigenvalue weighted by Gasteiger charge is -2.04. The lowest BCUT2D eigenvalue weighted by Crippen LogP contribution is -2.01. The van der Waals surface area contributed by atoms with Gasteiger partial charge in [0.1, 0.15) is 0 Å². The number of benzene rings is 1. The summed E-state index contributed by atoms with van der Waals surface area (Å²) in [5.74, 6) is 0.114. The van der Waals surface area contributed by atoms with E-state index in [1.807, 2.05) is 0 Å². The molecule has 0 heterocycles. The normalized spacial score (nSPS) is 9.83. The highest BCUT2D eigenvalue weighted by molar-refractivity contribution is 7.99. The third-order valence-corrected chi connectivity index (χ3v) is 3.21. The smallest absolute Gasteiger partial charge is 0.306 e. The van der Waals surface area contributed by atoms with Gasteiger partial charge in [0.2, 0.25) is 0 Å². The Kier molecular flexibility index (Phi) is 5.31. The van der Waals surface area contributed by atoms with Crippen molar-refractivity contribution in [3.63, 3.8) is 0 Å². The Bertz CT molecular complexity index is 475. The van der Waals surface area contributed by atoms with Crippen LogP contribution in [0.2, 0.25) is 0 Å². The van der Waals surface area contributed by atoms with E-state index in [9.17, 15) is 19.7 Å². The number of carbonyl (C=O) groups is 2. The van der Waals surface area contributed by atoms with Crippen molar-refractivity contribution in [3.05, 3.63) is 33.9 Å². The van der Waals surface area contributed by atoms with Crippen molar-refractivity contribution in [2.45, 2.75) is 11.3 Å². The number of esters is 1. The van der Waals surface area contributed by atoms with Gasteiger partial charge in [0, 0.05) is 28.3 Å². The number of nitro groups is 1. The van der Waals surface area contributed by atoms with Gasteiger partial charge in [-0.05, 0) is 6.07 Å². The van der Waals surface area contributed by atoms with E-state index < -0.39 is 4.92 Å². The van der Waals surface area contributed by atoms with Crippen molar-refractivity contribution in [1.82, 2.24) is 0 Å². The lowest BCUT2D eigenvalue weighted by molar-refractivity contribution is -0.384. The highest BCUT2D eigenvalue weighted by Gasteiger charge is 2.11. The van der Waals surface area contributed by atoms with Gasteiger partial charge < -0.3 is 4.74 Å². The van der Waals surface area contributed by atoms with E-state index in [1.54, 1.807) is 0 Å². The first kappa shape index (κ1) is 14.2. The minimum atomic E-state index is -0.560. The number of ether oxygens (including phenoxy) is 1. The van der Waals surface area contributed by atoms with Crippen LogP contribution in [0.25, 0.3) is 0 Å². The zero-order chi connectivity index (χ0) is 13.5. The first-order valence-corrected chi connectivity index (χ1v) is 6.00. The van der Waals surface area contributed by atoms with Crippen molar-refractivity contribution in [3.8, 4) is 0 Å². The number of thioether (sulfide) groups is 1. The summed E-state index contributed by atoms with van der Waals surface area (Å²) in [5.41, 5.74) is 0.119. The Morgan fingerprint density at radius 3 is 2.83 bits per heavy atom. The molecule has 0 aromatic heterocycles. The topological polar surface area (TPSA) is 86.5 Å². The molecule has 7 heteroatoms. The van der Waals surface area contributed by atoms with Crippen LogP contribution in [-0.2, 0) is 9.53 Å². The largest absolute Gasteiger partial charge is 0.469 e. The number of hydrogen-bond donors (Lipinski definition) is 0. The molecule has 1 aromatic carbocycles. The molecule has 0 aliphatic heterocycles. The highest BCUT2D eigenvalue weighted by atomic mass is 32.2.